The second-order valence-corrected chi connectivity index (χ2v) is 21.6. The van der Waals surface area contributed by atoms with Crippen LogP contribution in [0.1, 0.15) is 44.5 Å². The standard InChI is InChI=1S/C68H69N6O13P/c1-48-40-73(65(77)70-63(48)75)42-50(44-83-67(52-16-10-8-11-17-52,54-21-29-58(79-4)30-22-54)55-23-31-59(80-5)32-24-55)46-86-88(85-39-38-72(3)62-20-14-15-37-69-62)87-47-51(43-74-41-49(2)64(76)71-66(74)78)45-84-68(53-18-12-9-13-19-53,56-25-33-60(81-6)34-26-56)57-27-35-61(82-7)36-28-57/h8-37,40-43H,38-39,44-47H2,1-7H3,(H,70,75,77)(H,71,76,78)/b50-42-,51-43-. The zero-order valence-corrected chi connectivity index (χ0v) is 50.8. The molecule has 20 heteroatoms. The van der Waals surface area contributed by atoms with Gasteiger partial charge >= 0.3 is 20.0 Å². The first-order valence-corrected chi connectivity index (χ1v) is 29.2. The highest BCUT2D eigenvalue weighted by molar-refractivity contribution is 7.41. The molecule has 0 bridgehead atoms. The number of benzene rings is 6. The molecule has 454 valence electrons. The van der Waals surface area contributed by atoms with Crippen molar-refractivity contribution in [3.63, 3.8) is 0 Å². The molecule has 0 aliphatic carbocycles. The maximum atomic E-state index is 13.7. The number of pyridine rings is 1. The third-order valence-electron chi connectivity index (χ3n) is 14.6. The lowest BCUT2D eigenvalue weighted by molar-refractivity contribution is 0.0231. The maximum absolute atomic E-state index is 13.7. The lowest BCUT2D eigenvalue weighted by atomic mass is 9.80. The summed E-state index contributed by atoms with van der Waals surface area (Å²) < 4.78 is 59.7. The van der Waals surface area contributed by atoms with Crippen LogP contribution < -0.4 is 46.3 Å². The van der Waals surface area contributed by atoms with E-state index in [1.165, 1.54) is 21.5 Å². The smallest absolute Gasteiger partial charge is 0.333 e. The van der Waals surface area contributed by atoms with Crippen LogP contribution in [-0.4, -0.2) is 99.2 Å². The summed E-state index contributed by atoms with van der Waals surface area (Å²) in [4.78, 5) is 64.1. The van der Waals surface area contributed by atoms with Crippen LogP contribution in [-0.2, 0) is 34.2 Å². The Bertz CT molecular complexity index is 3690. The number of anilines is 1. The second-order valence-electron chi connectivity index (χ2n) is 20.3. The van der Waals surface area contributed by atoms with E-state index in [2.05, 4.69) is 15.0 Å². The summed E-state index contributed by atoms with van der Waals surface area (Å²) in [5, 5.41) is 0. The lowest BCUT2D eigenvalue weighted by Crippen LogP contribution is -2.34. The Labute approximate surface area is 510 Å². The average molecular weight is 1210 g/mol. The summed E-state index contributed by atoms with van der Waals surface area (Å²) in [6.07, 6.45) is 7.68. The van der Waals surface area contributed by atoms with E-state index in [4.69, 9.17) is 42.0 Å². The fraction of sp³-hybridized carbons (Fsp3) is 0.221. The van der Waals surface area contributed by atoms with Crippen molar-refractivity contribution in [3.8, 4) is 23.0 Å². The third kappa shape index (κ3) is 15.0. The molecular weight excluding hydrogens is 1140 g/mol. The second kappa shape index (κ2) is 29.8. The number of ether oxygens (including phenoxy) is 6. The van der Waals surface area contributed by atoms with Gasteiger partial charge in [-0.2, -0.15) is 0 Å². The third-order valence-corrected chi connectivity index (χ3v) is 15.7. The number of aryl methyl sites for hydroxylation is 2. The fourth-order valence-corrected chi connectivity index (χ4v) is 10.9. The minimum absolute atomic E-state index is 0.0825. The van der Waals surface area contributed by atoms with Crippen LogP contribution >= 0.6 is 8.60 Å². The van der Waals surface area contributed by atoms with Gasteiger partial charge in [-0.05, 0) is 119 Å². The highest BCUT2D eigenvalue weighted by Crippen LogP contribution is 2.45. The van der Waals surface area contributed by atoms with Gasteiger partial charge in [0.25, 0.3) is 11.1 Å². The van der Waals surface area contributed by atoms with Gasteiger partial charge in [-0.15, -0.1) is 0 Å². The summed E-state index contributed by atoms with van der Waals surface area (Å²) in [6.45, 7) is 2.79. The lowest BCUT2D eigenvalue weighted by Gasteiger charge is -2.36. The SMILES string of the molecule is COc1ccc(C(OC/C(=C/n2cc(C)c(=O)[nH]c2=O)COP(OCCN(C)c2ccccn2)OC/C(=C\n2cc(C)c(=O)[nH]c2=O)COC(c2ccccc2)(c2ccc(OC)cc2)c2ccc(OC)cc2)(c2ccccc2)c2ccc(OC)cc2)cc1. The van der Waals surface area contributed by atoms with Crippen LogP contribution in [0.5, 0.6) is 23.0 Å². The number of methoxy groups -OCH3 is 4. The molecule has 0 saturated heterocycles. The molecule has 0 radical (unpaired) electrons. The minimum atomic E-state index is -2.36. The van der Waals surface area contributed by atoms with Gasteiger partial charge in [0.05, 0.1) is 61.5 Å². The van der Waals surface area contributed by atoms with Gasteiger partial charge in [0, 0.05) is 55.7 Å². The van der Waals surface area contributed by atoms with E-state index in [1.807, 2.05) is 188 Å². The molecule has 2 N–H and O–H groups in total. The number of nitrogens with zero attached hydrogens (tertiary/aromatic N) is 4. The Balaban J connectivity index is 1.12. The number of H-pyrrole nitrogens is 2. The Morgan fingerprint density at radius 2 is 0.830 bits per heavy atom. The highest BCUT2D eigenvalue weighted by atomic mass is 31.2. The van der Waals surface area contributed by atoms with Crippen LogP contribution in [0.3, 0.4) is 0 Å². The maximum Gasteiger partial charge on any atom is 0.333 e. The van der Waals surface area contributed by atoms with E-state index in [-0.39, 0.29) is 44.2 Å². The summed E-state index contributed by atoms with van der Waals surface area (Å²) in [7, 11) is 5.92. The van der Waals surface area contributed by atoms with Crippen molar-refractivity contribution >= 4 is 26.8 Å². The van der Waals surface area contributed by atoms with E-state index >= 15 is 0 Å². The van der Waals surface area contributed by atoms with Crippen LogP contribution in [0.25, 0.3) is 12.4 Å². The van der Waals surface area contributed by atoms with Crippen LogP contribution in [0.15, 0.2) is 225 Å². The number of rotatable bonds is 29. The zero-order valence-electron chi connectivity index (χ0n) is 49.9. The van der Waals surface area contributed by atoms with Crippen molar-refractivity contribution in [2.45, 2.75) is 25.0 Å². The van der Waals surface area contributed by atoms with Gasteiger partial charge < -0.3 is 46.9 Å². The van der Waals surface area contributed by atoms with Gasteiger partial charge in [-0.25, -0.2) is 14.6 Å². The molecule has 88 heavy (non-hydrogen) atoms. The molecule has 0 aliphatic rings. The first-order chi connectivity index (χ1) is 42.8. The molecule has 0 fully saturated rings. The predicted molar refractivity (Wildman–Crippen MR) is 339 cm³/mol. The highest BCUT2D eigenvalue weighted by Gasteiger charge is 2.40. The molecular formula is C68H69N6O13P. The summed E-state index contributed by atoms with van der Waals surface area (Å²) in [5.41, 5.74) is 0.905. The monoisotopic (exact) mass is 1210 g/mol. The Morgan fingerprint density at radius 3 is 1.17 bits per heavy atom. The quantitative estimate of drug-likeness (QED) is 0.0330. The molecule has 9 aromatic rings. The van der Waals surface area contributed by atoms with Gasteiger partial charge in [0.15, 0.2) is 0 Å². The number of aromatic nitrogens is 5. The number of hydrogen-bond donors (Lipinski definition) is 2. The van der Waals surface area contributed by atoms with Crippen LogP contribution in [0.4, 0.5) is 5.82 Å². The summed E-state index contributed by atoms with van der Waals surface area (Å²) >= 11 is 0. The first-order valence-electron chi connectivity index (χ1n) is 28.1. The van der Waals surface area contributed by atoms with Crippen molar-refractivity contribution in [3.05, 3.63) is 292 Å². The normalized spacial score (nSPS) is 12.4. The van der Waals surface area contributed by atoms with Crippen molar-refractivity contribution in [1.29, 1.82) is 0 Å². The van der Waals surface area contributed by atoms with Crippen molar-refractivity contribution < 1.29 is 42.0 Å². The van der Waals surface area contributed by atoms with E-state index in [0.29, 0.717) is 46.5 Å². The first kappa shape index (κ1) is 63.1. The molecule has 3 aromatic heterocycles. The topological polar surface area (TPSA) is 209 Å². The molecule has 0 unspecified atom stereocenters. The molecule has 0 amide bonds. The predicted octanol–water partition coefficient (Wildman–Crippen LogP) is 10.2. The molecule has 3 heterocycles. The van der Waals surface area contributed by atoms with Gasteiger partial charge in [-0.3, -0.25) is 28.7 Å². The molecule has 0 aliphatic heterocycles. The van der Waals surface area contributed by atoms with E-state index in [0.717, 1.165) is 33.4 Å². The number of hydrogen-bond acceptors (Lipinski definition) is 15. The molecule has 6 aromatic carbocycles. The van der Waals surface area contributed by atoms with Crippen LogP contribution in [0.2, 0.25) is 0 Å². The fourth-order valence-electron chi connectivity index (χ4n) is 9.87. The summed E-state index contributed by atoms with van der Waals surface area (Å²) in [5.74, 6) is 3.25. The van der Waals surface area contributed by atoms with E-state index < -0.39 is 42.3 Å². The Morgan fingerprint density at radius 1 is 0.477 bits per heavy atom. The van der Waals surface area contributed by atoms with Gasteiger partial charge in [-0.1, -0.05) is 115 Å². The van der Waals surface area contributed by atoms with E-state index in [1.54, 1.807) is 60.9 Å². The Hall–Kier alpha value is -9.46. The number of aromatic amines is 2. The van der Waals surface area contributed by atoms with Gasteiger partial charge in [0.2, 0.25) is 0 Å². The molecule has 0 atom stereocenters. The molecule has 0 spiro atoms. The zero-order chi connectivity index (χ0) is 62.0. The van der Waals surface area contributed by atoms with Crippen LogP contribution in [0, 0.1) is 13.8 Å². The number of likely N-dealkylation sites (N-methyl/N-ethyl adjacent to an activating group) is 1. The minimum Gasteiger partial charge on any atom is -0.497 e. The molecule has 0 saturated carbocycles. The van der Waals surface area contributed by atoms with Crippen molar-refractivity contribution in [1.82, 2.24) is 24.1 Å². The molecule has 19 nitrogen and oxygen atoms in total. The largest absolute Gasteiger partial charge is 0.497 e. The van der Waals surface area contributed by atoms with Crippen molar-refractivity contribution in [2.75, 3.05) is 80.0 Å². The Kier molecular flexibility index (Phi) is 21.3. The van der Waals surface area contributed by atoms with E-state index in [9.17, 15) is 19.2 Å². The van der Waals surface area contributed by atoms with Crippen molar-refractivity contribution in [2.24, 2.45) is 0 Å². The molecule has 9 rings (SSSR count). The number of nitrogens with one attached hydrogen (secondary N) is 2. The van der Waals surface area contributed by atoms with Gasteiger partial charge in [0.1, 0.15) is 40.0 Å². The average Bonchev–Trinajstić information content (AvgIpc) is 0.880. The summed E-state index contributed by atoms with van der Waals surface area (Å²) in [6, 6.07) is 55.4.